The van der Waals surface area contributed by atoms with Gasteiger partial charge < -0.3 is 19.7 Å². The lowest BCUT2D eigenvalue weighted by atomic mass is 10.0. The number of carbonyl (C=O) groups excluding carboxylic acids is 2. The molecule has 1 aromatic heterocycles. The molecule has 1 heterocycles. The second-order valence-electron chi connectivity index (χ2n) is 8.00. The standard InChI is InChI=1S/C26H31N3O4/c1-3-7-23-24(11-10-22(19(2)30)25(23)31)33-17-20-8-6-9-21(16-20)26(32)28-12-4-5-14-29-15-13-27-18-29/h6,8-11,13,15-16,18,31H,3-5,7,12,14,17H2,1-2H3,(H,28,32). The van der Waals surface area contributed by atoms with E-state index in [1.54, 1.807) is 30.7 Å². The smallest absolute Gasteiger partial charge is 0.251 e. The lowest BCUT2D eigenvalue weighted by molar-refractivity contribution is 0.0951. The highest BCUT2D eigenvalue weighted by Crippen LogP contribution is 2.33. The molecule has 0 spiro atoms. The summed E-state index contributed by atoms with van der Waals surface area (Å²) in [5, 5.41) is 13.5. The van der Waals surface area contributed by atoms with Crippen molar-refractivity contribution in [2.24, 2.45) is 0 Å². The molecule has 0 aliphatic heterocycles. The fourth-order valence-electron chi connectivity index (χ4n) is 3.63. The predicted octanol–water partition coefficient (Wildman–Crippen LogP) is 4.53. The average molecular weight is 450 g/mol. The molecular weight excluding hydrogens is 418 g/mol. The fraction of sp³-hybridized carbons (Fsp3) is 0.346. The Hall–Kier alpha value is -3.61. The Morgan fingerprint density at radius 2 is 2.03 bits per heavy atom. The number of amides is 1. The van der Waals surface area contributed by atoms with Gasteiger partial charge in [-0.2, -0.15) is 0 Å². The molecule has 0 aliphatic carbocycles. The minimum absolute atomic E-state index is 0.0111. The normalized spacial score (nSPS) is 10.7. The largest absolute Gasteiger partial charge is 0.507 e. The number of unbranched alkanes of at least 4 members (excludes halogenated alkanes) is 1. The zero-order chi connectivity index (χ0) is 23.6. The zero-order valence-corrected chi connectivity index (χ0v) is 19.2. The van der Waals surface area contributed by atoms with Gasteiger partial charge in [-0.15, -0.1) is 0 Å². The molecule has 0 saturated carbocycles. The Morgan fingerprint density at radius 3 is 2.76 bits per heavy atom. The molecule has 0 radical (unpaired) electrons. The molecule has 2 N–H and O–H groups in total. The lowest BCUT2D eigenvalue weighted by Gasteiger charge is -2.15. The molecule has 0 atom stereocenters. The van der Waals surface area contributed by atoms with Crippen molar-refractivity contribution in [2.45, 2.75) is 52.7 Å². The third kappa shape index (κ3) is 6.68. The van der Waals surface area contributed by atoms with Crippen molar-refractivity contribution in [3.8, 4) is 11.5 Å². The molecule has 1 amide bonds. The maximum absolute atomic E-state index is 12.5. The second-order valence-corrected chi connectivity index (χ2v) is 8.00. The SMILES string of the molecule is CCCc1c(OCc2cccc(C(=O)NCCCCn3ccnc3)c2)ccc(C(C)=O)c1O. The molecule has 0 bridgehead atoms. The summed E-state index contributed by atoms with van der Waals surface area (Å²) in [5.74, 6) is 0.238. The number of benzene rings is 2. The van der Waals surface area contributed by atoms with Crippen LogP contribution in [-0.2, 0) is 19.6 Å². The molecular formula is C26H31N3O4. The van der Waals surface area contributed by atoms with Crippen LogP contribution in [0.15, 0.2) is 55.1 Å². The Labute approximate surface area is 194 Å². The van der Waals surface area contributed by atoms with E-state index < -0.39 is 0 Å². The van der Waals surface area contributed by atoms with Crippen molar-refractivity contribution in [1.82, 2.24) is 14.9 Å². The van der Waals surface area contributed by atoms with E-state index in [0.717, 1.165) is 31.4 Å². The number of phenolic OH excluding ortho intramolecular Hbond substituents is 1. The van der Waals surface area contributed by atoms with Crippen LogP contribution >= 0.6 is 0 Å². The minimum atomic E-state index is -0.183. The monoisotopic (exact) mass is 449 g/mol. The highest BCUT2D eigenvalue weighted by molar-refractivity contribution is 5.97. The number of hydrogen-bond donors (Lipinski definition) is 2. The van der Waals surface area contributed by atoms with Crippen molar-refractivity contribution >= 4 is 11.7 Å². The Morgan fingerprint density at radius 1 is 1.18 bits per heavy atom. The molecule has 7 nitrogen and oxygen atoms in total. The Kier molecular flexibility index (Phi) is 8.63. The van der Waals surface area contributed by atoms with Crippen molar-refractivity contribution in [1.29, 1.82) is 0 Å². The maximum atomic E-state index is 12.5. The van der Waals surface area contributed by atoms with Gasteiger partial charge in [-0.3, -0.25) is 9.59 Å². The van der Waals surface area contributed by atoms with E-state index in [4.69, 9.17) is 4.74 Å². The first-order valence-electron chi connectivity index (χ1n) is 11.3. The highest BCUT2D eigenvalue weighted by Gasteiger charge is 2.16. The third-order valence-electron chi connectivity index (χ3n) is 5.39. The number of aromatic hydroxyl groups is 1. The van der Waals surface area contributed by atoms with E-state index >= 15 is 0 Å². The number of aromatic nitrogens is 2. The van der Waals surface area contributed by atoms with Crippen LogP contribution in [0.1, 0.15) is 65.0 Å². The number of hydrogen-bond acceptors (Lipinski definition) is 5. The van der Waals surface area contributed by atoms with E-state index in [1.165, 1.54) is 6.92 Å². The molecule has 0 aliphatic rings. The summed E-state index contributed by atoms with van der Waals surface area (Å²) in [5.41, 5.74) is 2.36. The van der Waals surface area contributed by atoms with Gasteiger partial charge in [0.05, 0.1) is 11.9 Å². The van der Waals surface area contributed by atoms with Crippen LogP contribution in [0, 0.1) is 0 Å². The Bertz CT molecular complexity index is 1080. The molecule has 0 fully saturated rings. The summed E-state index contributed by atoms with van der Waals surface area (Å²) in [6.45, 7) is 5.18. The van der Waals surface area contributed by atoms with Crippen LogP contribution in [0.4, 0.5) is 0 Å². The van der Waals surface area contributed by atoms with Crippen molar-refractivity contribution in [2.75, 3.05) is 6.54 Å². The molecule has 0 unspecified atom stereocenters. The number of ether oxygens (including phenoxy) is 1. The van der Waals surface area contributed by atoms with Gasteiger partial charge in [0.1, 0.15) is 18.1 Å². The van der Waals surface area contributed by atoms with E-state index in [2.05, 4.69) is 10.3 Å². The van der Waals surface area contributed by atoms with Gasteiger partial charge in [0.15, 0.2) is 5.78 Å². The first-order valence-corrected chi connectivity index (χ1v) is 11.3. The van der Waals surface area contributed by atoms with Gasteiger partial charge in [0.2, 0.25) is 0 Å². The van der Waals surface area contributed by atoms with Crippen LogP contribution in [0.5, 0.6) is 11.5 Å². The van der Waals surface area contributed by atoms with Crippen molar-refractivity contribution in [3.05, 3.63) is 77.4 Å². The molecule has 3 aromatic rings. The maximum Gasteiger partial charge on any atom is 0.251 e. The van der Waals surface area contributed by atoms with E-state index in [1.807, 2.05) is 35.9 Å². The van der Waals surface area contributed by atoms with Crippen LogP contribution in [0.25, 0.3) is 0 Å². The summed E-state index contributed by atoms with van der Waals surface area (Å²) in [6.07, 6.45) is 8.72. The second kappa shape index (κ2) is 11.9. The highest BCUT2D eigenvalue weighted by atomic mass is 16.5. The number of aryl methyl sites for hydroxylation is 1. The number of imidazole rings is 1. The van der Waals surface area contributed by atoms with Gasteiger partial charge in [-0.25, -0.2) is 4.98 Å². The van der Waals surface area contributed by atoms with E-state index in [0.29, 0.717) is 35.4 Å². The van der Waals surface area contributed by atoms with Gasteiger partial charge in [-0.05, 0) is 56.0 Å². The Balaban J connectivity index is 1.56. The van der Waals surface area contributed by atoms with Gasteiger partial charge in [-0.1, -0.05) is 25.5 Å². The lowest BCUT2D eigenvalue weighted by Crippen LogP contribution is -2.24. The predicted molar refractivity (Wildman–Crippen MR) is 127 cm³/mol. The summed E-state index contributed by atoms with van der Waals surface area (Å²) in [4.78, 5) is 28.3. The first-order chi connectivity index (χ1) is 16.0. The molecule has 3 rings (SSSR count). The summed E-state index contributed by atoms with van der Waals surface area (Å²) in [7, 11) is 0. The third-order valence-corrected chi connectivity index (χ3v) is 5.39. The van der Waals surface area contributed by atoms with Gasteiger partial charge in [0, 0.05) is 36.6 Å². The number of nitrogens with zero attached hydrogens (tertiary/aromatic N) is 2. The molecule has 2 aromatic carbocycles. The molecule has 174 valence electrons. The van der Waals surface area contributed by atoms with Gasteiger partial charge >= 0.3 is 0 Å². The number of carbonyl (C=O) groups is 2. The topological polar surface area (TPSA) is 93.5 Å². The minimum Gasteiger partial charge on any atom is -0.507 e. The summed E-state index contributed by atoms with van der Waals surface area (Å²) in [6, 6.07) is 10.6. The van der Waals surface area contributed by atoms with Crippen molar-refractivity contribution < 1.29 is 19.4 Å². The van der Waals surface area contributed by atoms with E-state index in [9.17, 15) is 14.7 Å². The number of Topliss-reactive ketones (excluding diaryl/α,β-unsaturated/α-hetero) is 1. The first kappa shape index (κ1) is 24.0. The average Bonchev–Trinajstić information content (AvgIpc) is 3.32. The van der Waals surface area contributed by atoms with Crippen molar-refractivity contribution in [3.63, 3.8) is 0 Å². The summed E-state index contributed by atoms with van der Waals surface area (Å²) < 4.78 is 7.98. The van der Waals surface area contributed by atoms with Crippen LogP contribution in [0.2, 0.25) is 0 Å². The van der Waals surface area contributed by atoms with Crippen LogP contribution in [-0.4, -0.2) is 32.9 Å². The fourth-order valence-corrected chi connectivity index (χ4v) is 3.63. The van der Waals surface area contributed by atoms with E-state index in [-0.39, 0.29) is 24.0 Å². The summed E-state index contributed by atoms with van der Waals surface area (Å²) >= 11 is 0. The molecule has 7 heteroatoms. The van der Waals surface area contributed by atoms with Crippen LogP contribution in [0.3, 0.4) is 0 Å². The number of phenols is 1. The number of nitrogens with one attached hydrogen (secondary N) is 1. The molecule has 33 heavy (non-hydrogen) atoms. The van der Waals surface area contributed by atoms with Crippen LogP contribution < -0.4 is 10.1 Å². The number of ketones is 1. The zero-order valence-electron chi connectivity index (χ0n) is 19.2. The molecule has 0 saturated heterocycles. The quantitative estimate of drug-likeness (QED) is 0.313. The number of rotatable bonds is 12. The van der Waals surface area contributed by atoms with Gasteiger partial charge in [0.25, 0.3) is 5.91 Å².